The Morgan fingerprint density at radius 2 is 2.00 bits per heavy atom. The summed E-state index contributed by atoms with van der Waals surface area (Å²) in [6, 6.07) is 6.28. The van der Waals surface area contributed by atoms with E-state index in [0.29, 0.717) is 6.61 Å². The molecule has 2 aromatic rings. The van der Waals surface area contributed by atoms with Crippen LogP contribution in [0.5, 0.6) is 5.75 Å². The molecule has 0 atom stereocenters. The first kappa shape index (κ1) is 15.0. The molecule has 0 aliphatic rings. The molecule has 0 fully saturated rings. The normalized spacial score (nSPS) is 10.7. The van der Waals surface area contributed by atoms with Crippen molar-refractivity contribution in [2.24, 2.45) is 0 Å². The molecule has 0 bridgehead atoms. The Kier molecular flexibility index (Phi) is 5.45. The molecule has 0 saturated carbocycles. The highest BCUT2D eigenvalue weighted by Crippen LogP contribution is 2.29. The van der Waals surface area contributed by atoms with Gasteiger partial charge in [-0.2, -0.15) is 0 Å². The number of halogens is 2. The summed E-state index contributed by atoms with van der Waals surface area (Å²) in [5.74, 6) is 0.974. The number of hydrogen-bond donors (Lipinski definition) is 1. The molecule has 19 heavy (non-hydrogen) atoms. The van der Waals surface area contributed by atoms with E-state index in [9.17, 15) is 0 Å². The van der Waals surface area contributed by atoms with Gasteiger partial charge in [0.2, 0.25) is 0 Å². The fourth-order valence-corrected chi connectivity index (χ4v) is 3.88. The Morgan fingerprint density at radius 3 is 2.63 bits per heavy atom. The highest BCUT2D eigenvalue weighted by molar-refractivity contribution is 9.10. The molecule has 2 rings (SSSR count). The van der Waals surface area contributed by atoms with Crippen molar-refractivity contribution < 1.29 is 4.74 Å². The average molecular weight is 405 g/mol. The van der Waals surface area contributed by atoms with Gasteiger partial charge in [0, 0.05) is 31.3 Å². The Morgan fingerprint density at radius 1 is 1.21 bits per heavy atom. The quantitative estimate of drug-likeness (QED) is 0.766. The number of aryl methyl sites for hydroxylation is 1. The van der Waals surface area contributed by atoms with Crippen molar-refractivity contribution in [3.8, 4) is 5.75 Å². The van der Waals surface area contributed by atoms with Crippen LogP contribution in [0, 0.1) is 6.92 Å². The second-order valence-corrected chi connectivity index (χ2v) is 7.09. The Hall–Kier alpha value is -0.360. The molecule has 5 heteroatoms. The van der Waals surface area contributed by atoms with E-state index in [1.807, 2.05) is 7.05 Å². The van der Waals surface area contributed by atoms with Crippen LogP contribution in [0.3, 0.4) is 0 Å². The van der Waals surface area contributed by atoms with Crippen molar-refractivity contribution in [3.05, 3.63) is 48.5 Å². The minimum absolute atomic E-state index is 0.607. The summed E-state index contributed by atoms with van der Waals surface area (Å²) in [5.41, 5.74) is 2.32. The van der Waals surface area contributed by atoms with Gasteiger partial charge in [-0.05, 0) is 53.7 Å². The molecule has 0 radical (unpaired) electrons. The number of benzene rings is 1. The molecule has 2 nitrogen and oxygen atoms in total. The van der Waals surface area contributed by atoms with Gasteiger partial charge >= 0.3 is 0 Å². The van der Waals surface area contributed by atoms with Crippen LogP contribution in [0.25, 0.3) is 0 Å². The standard InChI is InChI=1S/C14H15Br2NOS/c1-9-3-11(15)4-10(6-17-2)14(9)18-7-13-5-12(16)8-19-13/h3-5,8,17H,6-7H2,1-2H3. The third-order valence-corrected chi connectivity index (χ3v) is 4.79. The molecule has 0 spiro atoms. The summed E-state index contributed by atoms with van der Waals surface area (Å²) >= 11 is 8.69. The van der Waals surface area contributed by atoms with E-state index in [4.69, 9.17) is 4.74 Å². The smallest absolute Gasteiger partial charge is 0.127 e. The first-order chi connectivity index (χ1) is 9.10. The summed E-state index contributed by atoms with van der Waals surface area (Å²) in [5, 5.41) is 5.25. The topological polar surface area (TPSA) is 21.3 Å². The van der Waals surface area contributed by atoms with Crippen molar-refractivity contribution in [2.45, 2.75) is 20.1 Å². The van der Waals surface area contributed by atoms with Crippen LogP contribution in [-0.2, 0) is 13.2 Å². The van der Waals surface area contributed by atoms with Crippen molar-refractivity contribution >= 4 is 43.2 Å². The van der Waals surface area contributed by atoms with Gasteiger partial charge in [-0.3, -0.25) is 0 Å². The van der Waals surface area contributed by atoms with E-state index < -0.39 is 0 Å². The van der Waals surface area contributed by atoms with E-state index in [-0.39, 0.29) is 0 Å². The lowest BCUT2D eigenvalue weighted by molar-refractivity contribution is 0.303. The summed E-state index contributed by atoms with van der Waals surface area (Å²) in [4.78, 5) is 1.21. The lowest BCUT2D eigenvalue weighted by atomic mass is 10.1. The van der Waals surface area contributed by atoms with Gasteiger partial charge in [-0.25, -0.2) is 0 Å². The summed E-state index contributed by atoms with van der Waals surface area (Å²) < 4.78 is 8.20. The van der Waals surface area contributed by atoms with E-state index in [1.165, 1.54) is 10.4 Å². The molecule has 0 aliphatic carbocycles. The van der Waals surface area contributed by atoms with Crippen LogP contribution in [0.4, 0.5) is 0 Å². The molecule has 0 amide bonds. The fraction of sp³-hybridized carbons (Fsp3) is 0.286. The van der Waals surface area contributed by atoms with Crippen LogP contribution in [0.1, 0.15) is 16.0 Å². The van der Waals surface area contributed by atoms with E-state index in [2.05, 4.69) is 67.7 Å². The van der Waals surface area contributed by atoms with Crippen LogP contribution < -0.4 is 10.1 Å². The predicted molar refractivity (Wildman–Crippen MR) is 88.0 cm³/mol. The molecule has 1 aromatic heterocycles. The van der Waals surface area contributed by atoms with Crippen molar-refractivity contribution in [1.29, 1.82) is 0 Å². The summed E-state index contributed by atoms with van der Waals surface area (Å²) in [6.07, 6.45) is 0. The molecule has 1 N–H and O–H groups in total. The zero-order valence-electron chi connectivity index (χ0n) is 10.8. The molecular formula is C14H15Br2NOS. The Balaban J connectivity index is 2.18. The monoisotopic (exact) mass is 403 g/mol. The third kappa shape index (κ3) is 4.05. The highest BCUT2D eigenvalue weighted by atomic mass is 79.9. The highest BCUT2D eigenvalue weighted by Gasteiger charge is 2.09. The molecule has 102 valence electrons. The van der Waals surface area contributed by atoms with Gasteiger partial charge in [-0.1, -0.05) is 15.9 Å². The number of nitrogens with one attached hydrogen (secondary N) is 1. The third-order valence-electron chi connectivity index (χ3n) is 2.66. The molecular weight excluding hydrogens is 390 g/mol. The lowest BCUT2D eigenvalue weighted by Crippen LogP contribution is -2.08. The first-order valence-electron chi connectivity index (χ1n) is 5.89. The van der Waals surface area contributed by atoms with E-state index in [0.717, 1.165) is 26.8 Å². The van der Waals surface area contributed by atoms with Gasteiger partial charge < -0.3 is 10.1 Å². The first-order valence-corrected chi connectivity index (χ1v) is 8.36. The molecule has 0 unspecified atom stereocenters. The minimum atomic E-state index is 0.607. The zero-order chi connectivity index (χ0) is 13.8. The predicted octanol–water partition coefficient (Wildman–Crippen LogP) is 4.88. The van der Waals surface area contributed by atoms with E-state index in [1.54, 1.807) is 11.3 Å². The second-order valence-electron chi connectivity index (χ2n) is 4.26. The SMILES string of the molecule is CNCc1cc(Br)cc(C)c1OCc1cc(Br)cs1. The zero-order valence-corrected chi connectivity index (χ0v) is 14.8. The molecule has 1 heterocycles. The van der Waals surface area contributed by atoms with Gasteiger partial charge in [-0.15, -0.1) is 11.3 Å². The maximum Gasteiger partial charge on any atom is 0.127 e. The van der Waals surface area contributed by atoms with Gasteiger partial charge in [0.15, 0.2) is 0 Å². The van der Waals surface area contributed by atoms with Crippen LogP contribution in [0.2, 0.25) is 0 Å². The maximum atomic E-state index is 6.00. The fourth-order valence-electron chi connectivity index (χ4n) is 1.90. The van der Waals surface area contributed by atoms with Gasteiger partial charge in [0.05, 0.1) is 0 Å². The number of rotatable bonds is 5. The number of hydrogen-bond acceptors (Lipinski definition) is 3. The summed E-state index contributed by atoms with van der Waals surface area (Å²) in [6.45, 7) is 3.47. The van der Waals surface area contributed by atoms with Gasteiger partial charge in [0.25, 0.3) is 0 Å². The lowest BCUT2D eigenvalue weighted by Gasteiger charge is -2.14. The van der Waals surface area contributed by atoms with Crippen molar-refractivity contribution in [2.75, 3.05) is 7.05 Å². The summed E-state index contributed by atoms with van der Waals surface area (Å²) in [7, 11) is 1.94. The minimum Gasteiger partial charge on any atom is -0.487 e. The number of thiophene rings is 1. The van der Waals surface area contributed by atoms with Crippen LogP contribution in [0.15, 0.2) is 32.5 Å². The maximum absolute atomic E-state index is 6.00. The second kappa shape index (κ2) is 6.88. The average Bonchev–Trinajstić information content (AvgIpc) is 2.74. The molecule has 0 aliphatic heterocycles. The largest absolute Gasteiger partial charge is 0.487 e. The van der Waals surface area contributed by atoms with Crippen molar-refractivity contribution in [1.82, 2.24) is 5.32 Å². The molecule has 1 aromatic carbocycles. The van der Waals surface area contributed by atoms with Crippen LogP contribution >= 0.6 is 43.2 Å². The van der Waals surface area contributed by atoms with Crippen LogP contribution in [-0.4, -0.2) is 7.05 Å². The Labute approximate surface area is 134 Å². The van der Waals surface area contributed by atoms with Gasteiger partial charge in [0.1, 0.15) is 12.4 Å². The van der Waals surface area contributed by atoms with Crippen molar-refractivity contribution in [3.63, 3.8) is 0 Å². The molecule has 0 saturated heterocycles. The number of ether oxygens (including phenoxy) is 1. The Bertz CT molecular complexity index is 569. The van der Waals surface area contributed by atoms with E-state index >= 15 is 0 Å².